The van der Waals surface area contributed by atoms with Crippen LogP contribution in [0.15, 0.2) is 34.3 Å². The number of fused-ring (bicyclic) bond motifs is 1. The van der Waals surface area contributed by atoms with Crippen LogP contribution in [-0.4, -0.2) is 38.0 Å². The summed E-state index contributed by atoms with van der Waals surface area (Å²) >= 11 is 1.63. The van der Waals surface area contributed by atoms with Crippen LogP contribution in [0.2, 0.25) is 0 Å². The Balaban J connectivity index is 1.47. The molecule has 4 aromatic rings. The highest BCUT2D eigenvalue weighted by atomic mass is 32.1. The first kappa shape index (κ1) is 15.5. The van der Waals surface area contributed by atoms with Crippen molar-refractivity contribution in [3.05, 3.63) is 29.8 Å². The summed E-state index contributed by atoms with van der Waals surface area (Å²) in [6, 6.07) is 5.97. The van der Waals surface area contributed by atoms with E-state index in [4.69, 9.17) is 9.51 Å². The number of thiazole rings is 1. The van der Waals surface area contributed by atoms with Crippen LogP contribution in [0, 0.1) is 0 Å². The largest absolute Gasteiger partial charge is 0.348 e. The van der Waals surface area contributed by atoms with E-state index in [1.165, 1.54) is 19.3 Å². The molecular weight excluding hydrogens is 348 g/mol. The zero-order valence-electron chi connectivity index (χ0n) is 14.4. The molecule has 0 unspecified atom stereocenters. The number of piperidine rings is 1. The minimum absolute atomic E-state index is 0.451. The fourth-order valence-corrected chi connectivity index (χ4v) is 4.23. The molecule has 0 bridgehead atoms. The molecule has 7 nitrogen and oxygen atoms in total. The Labute approximate surface area is 154 Å². The van der Waals surface area contributed by atoms with Crippen molar-refractivity contribution in [3.63, 3.8) is 0 Å². The van der Waals surface area contributed by atoms with Crippen molar-refractivity contribution >= 4 is 27.4 Å². The molecule has 1 aromatic carbocycles. The van der Waals surface area contributed by atoms with Gasteiger partial charge < -0.3 is 9.42 Å². The van der Waals surface area contributed by atoms with Gasteiger partial charge in [-0.05, 0) is 25.3 Å². The molecule has 1 saturated heterocycles. The van der Waals surface area contributed by atoms with Gasteiger partial charge in [-0.15, -0.1) is 11.3 Å². The molecule has 0 radical (unpaired) electrons. The average molecular weight is 366 g/mol. The fourth-order valence-electron chi connectivity index (χ4n) is 3.38. The minimum atomic E-state index is 0.451. The smallest absolute Gasteiger partial charge is 0.277 e. The number of aryl methyl sites for hydroxylation is 1. The quantitative estimate of drug-likeness (QED) is 0.550. The molecule has 0 atom stereocenters. The third-order valence-electron chi connectivity index (χ3n) is 4.66. The Bertz CT molecular complexity index is 1060. The molecule has 132 valence electrons. The first-order chi connectivity index (χ1) is 12.8. The van der Waals surface area contributed by atoms with Gasteiger partial charge in [0.15, 0.2) is 5.13 Å². The van der Waals surface area contributed by atoms with Crippen LogP contribution in [0.1, 0.15) is 19.3 Å². The summed E-state index contributed by atoms with van der Waals surface area (Å²) in [5, 5.41) is 12.7. The Morgan fingerprint density at radius 2 is 2.00 bits per heavy atom. The van der Waals surface area contributed by atoms with Crippen LogP contribution >= 0.6 is 11.3 Å². The molecule has 3 aromatic heterocycles. The lowest BCUT2D eigenvalue weighted by Gasteiger charge is -2.25. The predicted molar refractivity (Wildman–Crippen MR) is 101 cm³/mol. The Morgan fingerprint density at radius 3 is 2.88 bits per heavy atom. The number of hydrogen-bond acceptors (Lipinski definition) is 7. The lowest BCUT2D eigenvalue weighted by Crippen LogP contribution is -2.29. The van der Waals surface area contributed by atoms with E-state index < -0.39 is 0 Å². The zero-order chi connectivity index (χ0) is 17.5. The van der Waals surface area contributed by atoms with Crippen molar-refractivity contribution in [1.82, 2.24) is 24.9 Å². The topological polar surface area (TPSA) is 72.9 Å². The van der Waals surface area contributed by atoms with Crippen molar-refractivity contribution in [2.24, 2.45) is 7.05 Å². The Morgan fingerprint density at radius 1 is 1.12 bits per heavy atom. The summed E-state index contributed by atoms with van der Waals surface area (Å²) in [6.45, 7) is 2.15. The van der Waals surface area contributed by atoms with Gasteiger partial charge in [0.1, 0.15) is 11.2 Å². The SMILES string of the molecule is Cn1cc2cccc(-c3noc(-c4csc(N5CCCCC5)n4)n3)c2n1. The number of rotatable bonds is 3. The van der Waals surface area contributed by atoms with Crippen molar-refractivity contribution in [2.75, 3.05) is 18.0 Å². The van der Waals surface area contributed by atoms with E-state index in [-0.39, 0.29) is 0 Å². The molecule has 0 aliphatic carbocycles. The third-order valence-corrected chi connectivity index (χ3v) is 5.56. The van der Waals surface area contributed by atoms with Gasteiger partial charge in [0.2, 0.25) is 5.82 Å². The standard InChI is InChI=1S/C18H18N6OS/c1-23-10-12-6-5-7-13(15(12)21-23)16-20-17(25-22-16)14-11-26-18(19-14)24-8-3-2-4-9-24/h5-7,10-11H,2-4,8-9H2,1H3. The normalized spacial score (nSPS) is 15.0. The van der Waals surface area contributed by atoms with E-state index >= 15 is 0 Å². The number of hydrogen-bond donors (Lipinski definition) is 0. The lowest BCUT2D eigenvalue weighted by atomic mass is 10.1. The van der Waals surface area contributed by atoms with Crippen LogP contribution < -0.4 is 4.90 Å². The minimum Gasteiger partial charge on any atom is -0.348 e. The van der Waals surface area contributed by atoms with Crippen molar-refractivity contribution in [3.8, 4) is 23.0 Å². The first-order valence-electron chi connectivity index (χ1n) is 8.75. The van der Waals surface area contributed by atoms with E-state index in [0.717, 1.165) is 40.4 Å². The van der Waals surface area contributed by atoms with E-state index in [1.807, 2.05) is 36.8 Å². The van der Waals surface area contributed by atoms with Gasteiger partial charge in [-0.25, -0.2) is 4.98 Å². The van der Waals surface area contributed by atoms with E-state index in [0.29, 0.717) is 11.7 Å². The number of aromatic nitrogens is 5. The van der Waals surface area contributed by atoms with Crippen LogP contribution in [0.3, 0.4) is 0 Å². The maximum absolute atomic E-state index is 5.49. The van der Waals surface area contributed by atoms with E-state index in [1.54, 1.807) is 16.0 Å². The average Bonchev–Trinajstić information content (AvgIpc) is 3.40. The molecule has 4 heterocycles. The van der Waals surface area contributed by atoms with Crippen LogP contribution in [0.25, 0.3) is 33.9 Å². The maximum atomic E-state index is 5.49. The van der Waals surface area contributed by atoms with Gasteiger partial charge in [-0.3, -0.25) is 4.68 Å². The Hall–Kier alpha value is -2.74. The van der Waals surface area contributed by atoms with E-state index in [2.05, 4.69) is 20.1 Å². The first-order valence-corrected chi connectivity index (χ1v) is 9.63. The third kappa shape index (κ3) is 2.66. The molecule has 8 heteroatoms. The molecular formula is C18H18N6OS. The molecule has 0 N–H and O–H groups in total. The summed E-state index contributed by atoms with van der Waals surface area (Å²) < 4.78 is 7.28. The molecule has 1 aliphatic heterocycles. The molecule has 1 aliphatic rings. The van der Waals surface area contributed by atoms with Crippen molar-refractivity contribution < 1.29 is 4.52 Å². The Kier molecular flexibility index (Phi) is 3.70. The summed E-state index contributed by atoms with van der Waals surface area (Å²) in [5.41, 5.74) is 2.47. The van der Waals surface area contributed by atoms with Crippen LogP contribution in [-0.2, 0) is 7.05 Å². The molecule has 0 spiro atoms. The second kappa shape index (κ2) is 6.21. The highest BCUT2D eigenvalue weighted by molar-refractivity contribution is 7.14. The lowest BCUT2D eigenvalue weighted by molar-refractivity contribution is 0.431. The fraction of sp³-hybridized carbons (Fsp3) is 0.333. The van der Waals surface area contributed by atoms with Crippen molar-refractivity contribution in [2.45, 2.75) is 19.3 Å². The molecule has 0 amide bonds. The number of benzene rings is 1. The van der Waals surface area contributed by atoms with Gasteiger partial charge in [0, 0.05) is 37.1 Å². The van der Waals surface area contributed by atoms with Gasteiger partial charge in [-0.1, -0.05) is 17.3 Å². The summed E-state index contributed by atoms with van der Waals surface area (Å²) in [5.74, 6) is 0.990. The predicted octanol–water partition coefficient (Wildman–Crippen LogP) is 3.74. The molecule has 0 saturated carbocycles. The second-order valence-electron chi connectivity index (χ2n) is 6.53. The highest BCUT2D eigenvalue weighted by Gasteiger charge is 2.19. The summed E-state index contributed by atoms with van der Waals surface area (Å²) in [4.78, 5) is 11.6. The second-order valence-corrected chi connectivity index (χ2v) is 7.37. The monoisotopic (exact) mass is 366 g/mol. The summed E-state index contributed by atoms with van der Waals surface area (Å²) in [7, 11) is 1.91. The number of nitrogens with zero attached hydrogens (tertiary/aromatic N) is 6. The van der Waals surface area contributed by atoms with Crippen LogP contribution in [0.5, 0.6) is 0 Å². The maximum Gasteiger partial charge on any atom is 0.277 e. The summed E-state index contributed by atoms with van der Waals surface area (Å²) in [6.07, 6.45) is 5.74. The van der Waals surface area contributed by atoms with E-state index in [9.17, 15) is 0 Å². The number of anilines is 1. The molecule has 26 heavy (non-hydrogen) atoms. The van der Waals surface area contributed by atoms with Crippen LogP contribution in [0.4, 0.5) is 5.13 Å². The van der Waals surface area contributed by atoms with Gasteiger partial charge in [-0.2, -0.15) is 10.1 Å². The van der Waals surface area contributed by atoms with Gasteiger partial charge >= 0.3 is 0 Å². The molecule has 1 fully saturated rings. The molecule has 5 rings (SSSR count). The highest BCUT2D eigenvalue weighted by Crippen LogP contribution is 2.31. The van der Waals surface area contributed by atoms with Gasteiger partial charge in [0.05, 0.1) is 5.56 Å². The zero-order valence-corrected chi connectivity index (χ0v) is 15.2. The van der Waals surface area contributed by atoms with Gasteiger partial charge in [0.25, 0.3) is 5.89 Å². The van der Waals surface area contributed by atoms with Crippen molar-refractivity contribution in [1.29, 1.82) is 0 Å².